The van der Waals surface area contributed by atoms with E-state index in [1.165, 1.54) is 41.5 Å². The van der Waals surface area contributed by atoms with Crippen LogP contribution in [0.5, 0.6) is 0 Å². The van der Waals surface area contributed by atoms with E-state index in [2.05, 4.69) is 65.1 Å². The van der Waals surface area contributed by atoms with Gasteiger partial charge in [-0.3, -0.25) is 0 Å². The van der Waals surface area contributed by atoms with Crippen LogP contribution in [0.2, 0.25) is 0 Å². The first-order valence-corrected chi connectivity index (χ1v) is 8.72. The Morgan fingerprint density at radius 3 is 2.65 bits per heavy atom. The highest BCUT2D eigenvalue weighted by molar-refractivity contribution is 9.10. The Kier molecular flexibility index (Phi) is 5.91. The number of benzene rings is 1. The summed E-state index contributed by atoms with van der Waals surface area (Å²) in [6.07, 6.45) is 4.23. The van der Waals surface area contributed by atoms with Crippen LogP contribution in [0.25, 0.3) is 0 Å². The van der Waals surface area contributed by atoms with Crippen molar-refractivity contribution in [3.8, 4) is 0 Å². The fraction of sp³-hybridized carbons (Fsp3) is 0.647. The van der Waals surface area contributed by atoms with Crippen LogP contribution in [0, 0.1) is 5.92 Å². The van der Waals surface area contributed by atoms with Crippen LogP contribution in [-0.2, 0) is 0 Å². The SMILES string of the molecule is CCNC(C)c1ccc(Br)cc1N(CC)CC1CCC1. The van der Waals surface area contributed by atoms with Crippen LogP contribution in [0.3, 0.4) is 0 Å². The molecule has 1 aliphatic carbocycles. The summed E-state index contributed by atoms with van der Waals surface area (Å²) in [5, 5.41) is 3.54. The molecular weight excluding hydrogens is 312 g/mol. The minimum Gasteiger partial charge on any atom is -0.371 e. The monoisotopic (exact) mass is 338 g/mol. The van der Waals surface area contributed by atoms with Gasteiger partial charge in [0.25, 0.3) is 0 Å². The zero-order valence-corrected chi connectivity index (χ0v) is 14.5. The van der Waals surface area contributed by atoms with E-state index in [-0.39, 0.29) is 0 Å². The molecule has 0 bridgehead atoms. The lowest BCUT2D eigenvalue weighted by atomic mass is 9.85. The second-order valence-corrected chi connectivity index (χ2v) is 6.73. The van der Waals surface area contributed by atoms with Crippen LogP contribution in [-0.4, -0.2) is 19.6 Å². The third-order valence-electron chi connectivity index (χ3n) is 4.40. The number of nitrogens with zero attached hydrogens (tertiary/aromatic N) is 1. The molecule has 1 atom stereocenters. The standard InChI is InChI=1S/C17H27BrN2/c1-4-19-13(3)16-10-9-15(18)11-17(16)20(5-2)12-14-7-6-8-14/h9-11,13-14,19H,4-8,12H2,1-3H3. The van der Waals surface area contributed by atoms with Gasteiger partial charge in [-0.15, -0.1) is 0 Å². The van der Waals surface area contributed by atoms with Crippen molar-refractivity contribution in [1.82, 2.24) is 5.32 Å². The second-order valence-electron chi connectivity index (χ2n) is 5.82. The molecule has 3 heteroatoms. The molecule has 1 N–H and O–H groups in total. The molecule has 1 saturated carbocycles. The zero-order valence-electron chi connectivity index (χ0n) is 13.0. The Labute approximate surface area is 132 Å². The van der Waals surface area contributed by atoms with Gasteiger partial charge in [0.15, 0.2) is 0 Å². The van der Waals surface area contributed by atoms with Crippen molar-refractivity contribution in [2.75, 3.05) is 24.5 Å². The first-order valence-electron chi connectivity index (χ1n) is 7.93. The third kappa shape index (κ3) is 3.76. The summed E-state index contributed by atoms with van der Waals surface area (Å²) in [5.41, 5.74) is 2.80. The Morgan fingerprint density at radius 2 is 2.10 bits per heavy atom. The third-order valence-corrected chi connectivity index (χ3v) is 4.89. The molecule has 2 rings (SSSR count). The Morgan fingerprint density at radius 1 is 1.35 bits per heavy atom. The van der Waals surface area contributed by atoms with E-state index in [0.29, 0.717) is 6.04 Å². The van der Waals surface area contributed by atoms with E-state index < -0.39 is 0 Å². The Balaban J connectivity index is 2.23. The summed E-state index contributed by atoms with van der Waals surface area (Å²) in [7, 11) is 0. The van der Waals surface area contributed by atoms with Crippen molar-refractivity contribution in [2.24, 2.45) is 5.92 Å². The lowest BCUT2D eigenvalue weighted by Gasteiger charge is -2.35. The molecule has 1 aromatic rings. The van der Waals surface area contributed by atoms with Crippen LogP contribution >= 0.6 is 15.9 Å². The van der Waals surface area contributed by atoms with Gasteiger partial charge in [-0.05, 0) is 56.8 Å². The van der Waals surface area contributed by atoms with Crippen molar-refractivity contribution >= 4 is 21.6 Å². The molecule has 0 heterocycles. The Bertz CT molecular complexity index is 429. The van der Waals surface area contributed by atoms with Gasteiger partial charge in [0.1, 0.15) is 0 Å². The zero-order chi connectivity index (χ0) is 14.5. The smallest absolute Gasteiger partial charge is 0.0425 e. The lowest BCUT2D eigenvalue weighted by Crippen LogP contribution is -2.33. The topological polar surface area (TPSA) is 15.3 Å². The quantitative estimate of drug-likeness (QED) is 0.771. The first kappa shape index (κ1) is 15.8. The van der Waals surface area contributed by atoms with E-state index in [4.69, 9.17) is 0 Å². The van der Waals surface area contributed by atoms with Crippen molar-refractivity contribution < 1.29 is 0 Å². The maximum atomic E-state index is 3.63. The summed E-state index contributed by atoms with van der Waals surface area (Å²) in [4.78, 5) is 2.55. The molecule has 1 unspecified atom stereocenters. The highest BCUT2D eigenvalue weighted by Gasteiger charge is 2.22. The van der Waals surface area contributed by atoms with E-state index >= 15 is 0 Å². The average molecular weight is 339 g/mol. The molecule has 0 spiro atoms. The molecule has 20 heavy (non-hydrogen) atoms. The molecule has 2 nitrogen and oxygen atoms in total. The van der Waals surface area contributed by atoms with Crippen LogP contribution in [0.15, 0.2) is 22.7 Å². The van der Waals surface area contributed by atoms with Gasteiger partial charge >= 0.3 is 0 Å². The van der Waals surface area contributed by atoms with E-state index in [1.807, 2.05) is 0 Å². The molecule has 1 aromatic carbocycles. The fourth-order valence-electron chi connectivity index (χ4n) is 2.96. The van der Waals surface area contributed by atoms with Gasteiger partial charge in [0, 0.05) is 29.3 Å². The first-order chi connectivity index (χ1) is 9.65. The number of rotatable bonds is 7. The Hall–Kier alpha value is -0.540. The van der Waals surface area contributed by atoms with Gasteiger partial charge in [0.05, 0.1) is 0 Å². The molecule has 1 aliphatic rings. The predicted molar refractivity (Wildman–Crippen MR) is 91.5 cm³/mol. The van der Waals surface area contributed by atoms with Crippen molar-refractivity contribution in [3.05, 3.63) is 28.2 Å². The van der Waals surface area contributed by atoms with Crippen LogP contribution in [0.1, 0.15) is 51.6 Å². The average Bonchev–Trinajstić information content (AvgIpc) is 2.38. The lowest BCUT2D eigenvalue weighted by molar-refractivity contribution is 0.318. The molecule has 1 fully saturated rings. The normalized spacial score (nSPS) is 16.8. The van der Waals surface area contributed by atoms with Gasteiger partial charge in [-0.1, -0.05) is 35.3 Å². The summed E-state index contributed by atoms with van der Waals surface area (Å²) in [6.45, 7) is 9.98. The minimum absolute atomic E-state index is 0.401. The highest BCUT2D eigenvalue weighted by atomic mass is 79.9. The summed E-state index contributed by atoms with van der Waals surface area (Å²) >= 11 is 3.63. The van der Waals surface area contributed by atoms with Crippen molar-refractivity contribution in [3.63, 3.8) is 0 Å². The minimum atomic E-state index is 0.401. The summed E-state index contributed by atoms with van der Waals surface area (Å²) < 4.78 is 1.17. The van der Waals surface area contributed by atoms with Crippen molar-refractivity contribution in [2.45, 2.75) is 46.1 Å². The van der Waals surface area contributed by atoms with E-state index in [1.54, 1.807) is 0 Å². The van der Waals surface area contributed by atoms with E-state index in [0.717, 1.165) is 19.0 Å². The molecular formula is C17H27BrN2. The number of hydrogen-bond acceptors (Lipinski definition) is 2. The summed E-state index contributed by atoms with van der Waals surface area (Å²) in [6, 6.07) is 7.10. The van der Waals surface area contributed by atoms with Crippen LogP contribution < -0.4 is 10.2 Å². The predicted octanol–water partition coefficient (Wildman–Crippen LogP) is 4.75. The molecule has 0 amide bonds. The maximum Gasteiger partial charge on any atom is 0.0425 e. The molecule has 0 radical (unpaired) electrons. The molecule has 0 aromatic heterocycles. The molecule has 112 valence electrons. The largest absolute Gasteiger partial charge is 0.371 e. The number of nitrogens with one attached hydrogen (secondary N) is 1. The van der Waals surface area contributed by atoms with Crippen molar-refractivity contribution in [1.29, 1.82) is 0 Å². The van der Waals surface area contributed by atoms with Gasteiger partial charge < -0.3 is 10.2 Å². The summed E-state index contributed by atoms with van der Waals surface area (Å²) in [5.74, 6) is 0.899. The number of anilines is 1. The fourth-order valence-corrected chi connectivity index (χ4v) is 3.31. The maximum absolute atomic E-state index is 3.63. The highest BCUT2D eigenvalue weighted by Crippen LogP contribution is 2.33. The second kappa shape index (κ2) is 7.46. The van der Waals surface area contributed by atoms with Crippen LogP contribution in [0.4, 0.5) is 5.69 Å². The molecule has 0 saturated heterocycles. The van der Waals surface area contributed by atoms with Gasteiger partial charge in [0.2, 0.25) is 0 Å². The van der Waals surface area contributed by atoms with Gasteiger partial charge in [-0.25, -0.2) is 0 Å². The van der Waals surface area contributed by atoms with E-state index in [9.17, 15) is 0 Å². The molecule has 0 aliphatic heterocycles. The van der Waals surface area contributed by atoms with Gasteiger partial charge in [-0.2, -0.15) is 0 Å². The number of halogens is 1. The number of hydrogen-bond donors (Lipinski definition) is 1.